The summed E-state index contributed by atoms with van der Waals surface area (Å²) in [6.07, 6.45) is 0. The van der Waals surface area contributed by atoms with Gasteiger partial charge in [0.15, 0.2) is 0 Å². The van der Waals surface area contributed by atoms with Gasteiger partial charge < -0.3 is 10.1 Å². The summed E-state index contributed by atoms with van der Waals surface area (Å²) in [4.78, 5) is 25.9. The first-order valence-electron chi connectivity index (χ1n) is 9.59. The van der Waals surface area contributed by atoms with Gasteiger partial charge in [-0.1, -0.05) is 6.07 Å². The zero-order valence-electron chi connectivity index (χ0n) is 17.6. The van der Waals surface area contributed by atoms with E-state index in [-0.39, 0.29) is 22.8 Å². The largest absolute Gasteiger partial charge is 0.462 e. The molecule has 2 aromatic carbocycles. The molecule has 3 aromatic rings. The van der Waals surface area contributed by atoms with Gasteiger partial charge in [0.2, 0.25) is 0 Å². The number of hydrogen-bond acceptors (Lipinski definition) is 6. The molecule has 0 spiro atoms. The predicted octanol–water partition coefficient (Wildman–Crippen LogP) is 4.73. The third-order valence-corrected chi connectivity index (χ3v) is 7.11. The van der Waals surface area contributed by atoms with E-state index in [1.54, 1.807) is 13.8 Å². The van der Waals surface area contributed by atoms with Crippen molar-refractivity contribution in [3.63, 3.8) is 0 Å². The molecule has 0 aliphatic heterocycles. The van der Waals surface area contributed by atoms with E-state index < -0.39 is 27.7 Å². The molecular weight excluding hydrogens is 455 g/mol. The summed E-state index contributed by atoms with van der Waals surface area (Å²) in [5.74, 6) is -1.59. The lowest BCUT2D eigenvalue weighted by atomic mass is 10.1. The Morgan fingerprint density at radius 3 is 2.44 bits per heavy atom. The molecule has 2 N–H and O–H groups in total. The molecule has 7 nitrogen and oxygen atoms in total. The molecule has 0 saturated heterocycles. The van der Waals surface area contributed by atoms with Crippen molar-refractivity contribution >= 4 is 43.9 Å². The fourth-order valence-electron chi connectivity index (χ4n) is 2.89. The van der Waals surface area contributed by atoms with Gasteiger partial charge >= 0.3 is 5.97 Å². The first-order chi connectivity index (χ1) is 15.1. The van der Waals surface area contributed by atoms with Crippen LogP contribution in [0, 0.1) is 19.7 Å². The number of carbonyl (C=O) groups is 2. The quantitative estimate of drug-likeness (QED) is 0.480. The molecule has 32 heavy (non-hydrogen) atoms. The molecule has 0 fully saturated rings. The lowest BCUT2D eigenvalue weighted by molar-refractivity contribution is 0.0527. The summed E-state index contributed by atoms with van der Waals surface area (Å²) in [6, 6.07) is 10.3. The highest BCUT2D eigenvalue weighted by Gasteiger charge is 2.23. The highest BCUT2D eigenvalue weighted by Crippen LogP contribution is 2.33. The van der Waals surface area contributed by atoms with Crippen molar-refractivity contribution < 1.29 is 27.1 Å². The molecule has 0 aliphatic rings. The van der Waals surface area contributed by atoms with E-state index in [1.165, 1.54) is 35.6 Å². The Bertz CT molecular complexity index is 1270. The molecule has 1 aromatic heterocycles. The van der Waals surface area contributed by atoms with E-state index >= 15 is 0 Å². The number of halogens is 1. The van der Waals surface area contributed by atoms with Crippen LogP contribution in [0.5, 0.6) is 0 Å². The van der Waals surface area contributed by atoms with Crippen molar-refractivity contribution in [2.75, 3.05) is 16.6 Å². The summed E-state index contributed by atoms with van der Waals surface area (Å²) in [7, 11) is -3.97. The molecular formula is C22H21FN2O5S2. The monoisotopic (exact) mass is 476 g/mol. The second-order valence-electron chi connectivity index (χ2n) is 6.80. The van der Waals surface area contributed by atoms with Crippen LogP contribution in [0.1, 0.15) is 38.1 Å². The van der Waals surface area contributed by atoms with Crippen LogP contribution in [0.4, 0.5) is 15.1 Å². The number of nitrogens with one attached hydrogen (secondary N) is 2. The number of ether oxygens (including phenoxy) is 1. The number of rotatable bonds is 7. The molecule has 1 amide bonds. The van der Waals surface area contributed by atoms with E-state index in [9.17, 15) is 22.4 Å². The number of aryl methyl sites for hydroxylation is 1. The van der Waals surface area contributed by atoms with Gasteiger partial charge in [-0.25, -0.2) is 17.6 Å². The Balaban J connectivity index is 1.83. The number of hydrogen-bond donors (Lipinski definition) is 2. The van der Waals surface area contributed by atoms with Crippen molar-refractivity contribution in [1.29, 1.82) is 0 Å². The molecule has 0 unspecified atom stereocenters. The molecule has 1 heterocycles. The Morgan fingerprint density at radius 1 is 1.09 bits per heavy atom. The number of sulfonamides is 1. The Labute approximate surface area is 189 Å². The second kappa shape index (κ2) is 9.49. The average Bonchev–Trinajstić information content (AvgIpc) is 3.01. The van der Waals surface area contributed by atoms with E-state index in [4.69, 9.17) is 4.74 Å². The van der Waals surface area contributed by atoms with Gasteiger partial charge in [0.1, 0.15) is 10.8 Å². The van der Waals surface area contributed by atoms with Crippen LogP contribution in [0.2, 0.25) is 0 Å². The van der Waals surface area contributed by atoms with Gasteiger partial charge in [0.05, 0.1) is 17.1 Å². The molecule has 3 rings (SSSR count). The zero-order chi connectivity index (χ0) is 23.5. The summed E-state index contributed by atoms with van der Waals surface area (Å²) < 4.78 is 45.6. The van der Waals surface area contributed by atoms with Crippen LogP contribution in [-0.4, -0.2) is 26.9 Å². The molecule has 0 aliphatic carbocycles. The minimum atomic E-state index is -3.97. The van der Waals surface area contributed by atoms with Crippen LogP contribution in [-0.2, 0) is 14.8 Å². The topological polar surface area (TPSA) is 102 Å². The summed E-state index contributed by atoms with van der Waals surface area (Å²) in [5.41, 5.74) is 1.37. The van der Waals surface area contributed by atoms with E-state index in [0.29, 0.717) is 10.6 Å². The number of amides is 1. The smallest absolute Gasteiger partial charge is 0.341 e. The van der Waals surface area contributed by atoms with E-state index in [0.717, 1.165) is 34.7 Å². The molecule has 168 valence electrons. The first-order valence-corrected chi connectivity index (χ1v) is 11.9. The Morgan fingerprint density at radius 2 is 1.78 bits per heavy atom. The van der Waals surface area contributed by atoms with Crippen molar-refractivity contribution in [1.82, 2.24) is 0 Å². The second-order valence-corrected chi connectivity index (χ2v) is 9.71. The lowest BCUT2D eigenvalue weighted by Gasteiger charge is -2.10. The highest BCUT2D eigenvalue weighted by atomic mass is 32.2. The SMILES string of the molecule is CCOC(=O)c1c(NC(=O)c2cccc(NS(=O)(=O)c3ccc(F)cc3)c2)sc(C)c1C. The third kappa shape index (κ3) is 5.14. The standard InChI is InChI=1S/C22H21FN2O5S2/c1-4-30-22(27)19-13(2)14(3)31-21(19)24-20(26)15-6-5-7-17(12-15)25-32(28,29)18-10-8-16(23)9-11-18/h5-12,25H,4H2,1-3H3,(H,24,26). The molecule has 0 bridgehead atoms. The maximum absolute atomic E-state index is 13.1. The van der Waals surface area contributed by atoms with Gasteiger partial charge in [-0.2, -0.15) is 0 Å². The van der Waals surface area contributed by atoms with Gasteiger partial charge in [-0.05, 0) is 68.8 Å². The Kier molecular flexibility index (Phi) is 6.95. The van der Waals surface area contributed by atoms with Crippen molar-refractivity contribution in [2.45, 2.75) is 25.7 Å². The summed E-state index contributed by atoms with van der Waals surface area (Å²) in [5, 5.41) is 3.08. The lowest BCUT2D eigenvalue weighted by Crippen LogP contribution is -2.16. The van der Waals surface area contributed by atoms with Crippen LogP contribution >= 0.6 is 11.3 Å². The normalized spacial score (nSPS) is 11.1. The van der Waals surface area contributed by atoms with Crippen molar-refractivity contribution in [3.05, 3.63) is 75.9 Å². The minimum absolute atomic E-state index is 0.114. The van der Waals surface area contributed by atoms with Crippen molar-refractivity contribution in [2.24, 2.45) is 0 Å². The summed E-state index contributed by atoms with van der Waals surface area (Å²) >= 11 is 1.26. The zero-order valence-corrected chi connectivity index (χ0v) is 19.2. The fourth-order valence-corrected chi connectivity index (χ4v) is 4.98. The maximum Gasteiger partial charge on any atom is 0.341 e. The number of thiophene rings is 1. The molecule has 10 heteroatoms. The molecule has 0 saturated carbocycles. The van der Waals surface area contributed by atoms with Crippen molar-refractivity contribution in [3.8, 4) is 0 Å². The minimum Gasteiger partial charge on any atom is -0.462 e. The Hall–Kier alpha value is -3.24. The number of benzene rings is 2. The highest BCUT2D eigenvalue weighted by molar-refractivity contribution is 7.92. The van der Waals surface area contributed by atoms with Crippen LogP contribution in [0.3, 0.4) is 0 Å². The van der Waals surface area contributed by atoms with Crippen LogP contribution in [0.25, 0.3) is 0 Å². The summed E-state index contributed by atoms with van der Waals surface area (Å²) in [6.45, 7) is 5.52. The van der Waals surface area contributed by atoms with Crippen LogP contribution < -0.4 is 10.0 Å². The van der Waals surface area contributed by atoms with Gasteiger partial charge in [0.25, 0.3) is 15.9 Å². The predicted molar refractivity (Wildman–Crippen MR) is 121 cm³/mol. The van der Waals surface area contributed by atoms with Gasteiger partial charge in [-0.3, -0.25) is 9.52 Å². The third-order valence-electron chi connectivity index (χ3n) is 4.59. The average molecular weight is 477 g/mol. The first kappa shape index (κ1) is 23.4. The fraction of sp³-hybridized carbons (Fsp3) is 0.182. The molecule has 0 atom stereocenters. The van der Waals surface area contributed by atoms with Gasteiger partial charge in [0, 0.05) is 16.1 Å². The number of anilines is 2. The number of carbonyl (C=O) groups excluding carboxylic acids is 2. The maximum atomic E-state index is 13.1. The van der Waals surface area contributed by atoms with E-state index in [2.05, 4.69) is 10.0 Å². The van der Waals surface area contributed by atoms with Crippen LogP contribution in [0.15, 0.2) is 53.4 Å². The molecule has 0 radical (unpaired) electrons. The van der Waals surface area contributed by atoms with E-state index in [1.807, 2.05) is 6.92 Å². The van der Waals surface area contributed by atoms with Gasteiger partial charge in [-0.15, -0.1) is 11.3 Å². The number of esters is 1.